The second-order valence-electron chi connectivity index (χ2n) is 7.24. The predicted molar refractivity (Wildman–Crippen MR) is 113 cm³/mol. The summed E-state index contributed by atoms with van der Waals surface area (Å²) in [5.74, 6) is 1.74. The van der Waals surface area contributed by atoms with Crippen LogP contribution in [0.2, 0.25) is 0 Å². The molecule has 5 rings (SSSR count). The van der Waals surface area contributed by atoms with Crippen LogP contribution in [0.5, 0.6) is 11.6 Å². The number of aromatic nitrogens is 5. The summed E-state index contributed by atoms with van der Waals surface area (Å²) in [5.41, 5.74) is 3.55. The Hall–Kier alpha value is -4.07. The lowest BCUT2D eigenvalue weighted by Gasteiger charge is -2.28. The van der Waals surface area contributed by atoms with E-state index in [2.05, 4.69) is 15.1 Å². The van der Waals surface area contributed by atoms with Crippen molar-refractivity contribution in [2.45, 2.75) is 19.8 Å². The minimum atomic E-state index is -0.394. The summed E-state index contributed by atoms with van der Waals surface area (Å²) in [6, 6.07) is 11.3. The van der Waals surface area contributed by atoms with Crippen LogP contribution >= 0.6 is 0 Å². The summed E-state index contributed by atoms with van der Waals surface area (Å²) in [6.07, 6.45) is 4.97. The maximum absolute atomic E-state index is 12.7. The molecule has 31 heavy (non-hydrogen) atoms. The fourth-order valence-corrected chi connectivity index (χ4v) is 3.94. The van der Waals surface area contributed by atoms with Crippen LogP contribution in [0, 0.1) is 0 Å². The average molecular weight is 413 g/mol. The van der Waals surface area contributed by atoms with Gasteiger partial charge in [0.1, 0.15) is 17.8 Å². The number of carbonyl (C=O) groups is 1. The smallest absolute Gasteiger partial charge is 0.228 e. The molecule has 0 fully saturated rings. The van der Waals surface area contributed by atoms with E-state index >= 15 is 0 Å². The Bertz CT molecular complexity index is 1330. The van der Waals surface area contributed by atoms with Crippen molar-refractivity contribution in [2.24, 2.45) is 0 Å². The highest BCUT2D eigenvalue weighted by molar-refractivity contribution is 5.97. The highest BCUT2D eigenvalue weighted by Crippen LogP contribution is 2.44. The number of methoxy groups -OCH3 is 1. The first-order valence-corrected chi connectivity index (χ1v) is 9.76. The van der Waals surface area contributed by atoms with Crippen molar-refractivity contribution in [3.05, 3.63) is 77.6 Å². The topological polar surface area (TPSA) is 91.5 Å². The Kier molecular flexibility index (Phi) is 4.47. The van der Waals surface area contributed by atoms with E-state index in [9.17, 15) is 4.79 Å². The van der Waals surface area contributed by atoms with Crippen LogP contribution in [0.4, 0.5) is 0 Å². The molecule has 0 unspecified atom stereocenters. The van der Waals surface area contributed by atoms with Gasteiger partial charge in [0.05, 0.1) is 12.7 Å². The summed E-state index contributed by atoms with van der Waals surface area (Å²) >= 11 is 0. The molecule has 1 aromatic carbocycles. The largest absolute Gasteiger partial charge is 0.497 e. The normalized spacial score (nSPS) is 15.5. The lowest BCUT2D eigenvalue weighted by atomic mass is 9.82. The van der Waals surface area contributed by atoms with Crippen molar-refractivity contribution >= 4 is 11.4 Å². The van der Waals surface area contributed by atoms with E-state index in [0.717, 1.165) is 16.9 Å². The van der Waals surface area contributed by atoms with Crippen LogP contribution in [-0.2, 0) is 4.79 Å². The maximum atomic E-state index is 12.7. The van der Waals surface area contributed by atoms with Gasteiger partial charge < -0.3 is 9.47 Å². The lowest BCUT2D eigenvalue weighted by molar-refractivity contribution is -0.114. The molecule has 1 atom stereocenters. The van der Waals surface area contributed by atoms with Crippen molar-refractivity contribution in [1.29, 1.82) is 0 Å². The number of allylic oxidation sites excluding steroid dienone is 2. The number of ketones is 1. The van der Waals surface area contributed by atoms with Crippen molar-refractivity contribution < 1.29 is 14.3 Å². The number of hydrogen-bond acceptors (Lipinski definition) is 7. The highest BCUT2D eigenvalue weighted by Gasteiger charge is 2.36. The van der Waals surface area contributed by atoms with Gasteiger partial charge in [0.15, 0.2) is 17.3 Å². The number of fused-ring (bicyclic) bond motifs is 3. The molecule has 0 amide bonds. The summed E-state index contributed by atoms with van der Waals surface area (Å²) < 4.78 is 12.9. The first-order valence-electron chi connectivity index (χ1n) is 9.76. The number of hydrogen-bond donors (Lipinski definition) is 0. The number of benzene rings is 1. The predicted octanol–water partition coefficient (Wildman–Crippen LogP) is 3.58. The van der Waals surface area contributed by atoms with Crippen LogP contribution in [0.25, 0.3) is 17.0 Å². The summed E-state index contributed by atoms with van der Waals surface area (Å²) in [4.78, 5) is 26.0. The van der Waals surface area contributed by atoms with E-state index in [1.165, 1.54) is 0 Å². The summed E-state index contributed by atoms with van der Waals surface area (Å²) in [7, 11) is 1.62. The molecule has 8 nitrogen and oxygen atoms in total. The molecule has 0 N–H and O–H groups in total. The van der Waals surface area contributed by atoms with Gasteiger partial charge in [0, 0.05) is 29.4 Å². The van der Waals surface area contributed by atoms with E-state index in [-0.39, 0.29) is 5.78 Å². The molecular formula is C23H19N5O3. The fraction of sp³-hybridized carbons (Fsp3) is 0.174. The number of Topliss-reactive ketones (excluding diaryl/α,β-unsaturated/α-hetero) is 1. The summed E-state index contributed by atoms with van der Waals surface area (Å²) in [5, 5.41) is 4.56. The zero-order valence-electron chi connectivity index (χ0n) is 17.2. The molecule has 4 heterocycles. The van der Waals surface area contributed by atoms with Crippen LogP contribution in [0.1, 0.15) is 30.9 Å². The van der Waals surface area contributed by atoms with Crippen LogP contribution < -0.4 is 9.47 Å². The van der Waals surface area contributed by atoms with Gasteiger partial charge in [-0.15, -0.1) is 5.10 Å². The van der Waals surface area contributed by atoms with E-state index < -0.39 is 5.92 Å². The second kappa shape index (κ2) is 7.32. The third kappa shape index (κ3) is 3.13. The molecule has 0 saturated carbocycles. The third-order valence-electron chi connectivity index (χ3n) is 5.34. The van der Waals surface area contributed by atoms with Crippen LogP contribution in [0.3, 0.4) is 0 Å². The monoisotopic (exact) mass is 413 g/mol. The van der Waals surface area contributed by atoms with E-state index in [1.807, 2.05) is 36.4 Å². The van der Waals surface area contributed by atoms with Crippen molar-refractivity contribution in [3.63, 3.8) is 0 Å². The molecule has 1 aliphatic heterocycles. The van der Waals surface area contributed by atoms with E-state index in [4.69, 9.17) is 14.5 Å². The van der Waals surface area contributed by atoms with Crippen molar-refractivity contribution in [3.8, 4) is 23.0 Å². The number of rotatable bonds is 4. The molecular weight excluding hydrogens is 394 g/mol. The fourth-order valence-electron chi connectivity index (χ4n) is 3.94. The number of nitrogens with zero attached hydrogens (tertiary/aromatic N) is 5. The van der Waals surface area contributed by atoms with Gasteiger partial charge in [-0.2, -0.15) is 0 Å². The Morgan fingerprint density at radius 1 is 1.19 bits per heavy atom. The zero-order chi connectivity index (χ0) is 21.5. The van der Waals surface area contributed by atoms with Gasteiger partial charge in [-0.05, 0) is 43.7 Å². The lowest BCUT2D eigenvalue weighted by Crippen LogP contribution is -2.22. The van der Waals surface area contributed by atoms with Gasteiger partial charge in [-0.1, -0.05) is 12.1 Å². The van der Waals surface area contributed by atoms with E-state index in [1.54, 1.807) is 44.2 Å². The van der Waals surface area contributed by atoms with Gasteiger partial charge in [-0.3, -0.25) is 9.78 Å². The molecule has 0 radical (unpaired) electrons. The Morgan fingerprint density at radius 3 is 2.68 bits per heavy atom. The van der Waals surface area contributed by atoms with Crippen molar-refractivity contribution in [1.82, 2.24) is 24.6 Å². The molecule has 0 spiro atoms. The third-order valence-corrected chi connectivity index (χ3v) is 5.34. The quantitative estimate of drug-likeness (QED) is 0.505. The first kappa shape index (κ1) is 18.9. The standard InChI is InChI=1S/C23H19N5O3/c1-13(29)18-14(2)31-23-20(19(18)15-6-8-17(30-3)9-7-15)22-26-21(27-28(22)12-25-23)16-5-4-10-24-11-16/h4-12,19H,1-3H3/t19-/m0/s1. The molecule has 154 valence electrons. The SMILES string of the molecule is COc1ccc([C@H]2C(C(C)=O)=C(C)Oc3ncn4nc(-c5cccnc5)nc4c32)cc1. The van der Waals surface area contributed by atoms with Gasteiger partial charge in [0.2, 0.25) is 5.88 Å². The first-order chi connectivity index (χ1) is 15.1. The number of ether oxygens (including phenoxy) is 2. The van der Waals surface area contributed by atoms with E-state index in [0.29, 0.717) is 34.2 Å². The number of carbonyl (C=O) groups excluding carboxylic acids is 1. The Morgan fingerprint density at radius 2 is 2.00 bits per heavy atom. The molecule has 0 aliphatic carbocycles. The maximum Gasteiger partial charge on any atom is 0.228 e. The molecule has 4 aromatic rings. The van der Waals surface area contributed by atoms with Crippen LogP contribution in [-0.4, -0.2) is 37.5 Å². The Balaban J connectivity index is 1.76. The zero-order valence-corrected chi connectivity index (χ0v) is 17.2. The minimum Gasteiger partial charge on any atom is -0.497 e. The van der Waals surface area contributed by atoms with Crippen LogP contribution in [0.15, 0.2) is 66.5 Å². The summed E-state index contributed by atoms with van der Waals surface area (Å²) in [6.45, 7) is 3.33. The highest BCUT2D eigenvalue weighted by atomic mass is 16.5. The minimum absolute atomic E-state index is 0.0713. The average Bonchev–Trinajstić information content (AvgIpc) is 3.23. The van der Waals surface area contributed by atoms with Crippen molar-refractivity contribution in [2.75, 3.05) is 7.11 Å². The molecule has 0 bridgehead atoms. The number of pyridine rings is 1. The molecule has 0 saturated heterocycles. The second-order valence-corrected chi connectivity index (χ2v) is 7.24. The van der Waals surface area contributed by atoms with Gasteiger partial charge in [-0.25, -0.2) is 14.5 Å². The Labute approximate surface area is 178 Å². The van der Waals surface area contributed by atoms with Gasteiger partial charge >= 0.3 is 0 Å². The van der Waals surface area contributed by atoms with Gasteiger partial charge in [0.25, 0.3) is 0 Å². The molecule has 8 heteroatoms. The molecule has 1 aliphatic rings. The molecule has 3 aromatic heterocycles.